The molecule has 1 rings (SSSR count). The molecule has 150 valence electrons. The van der Waals surface area contributed by atoms with Crippen molar-refractivity contribution in [3.8, 4) is 0 Å². The average Bonchev–Trinajstić information content (AvgIpc) is 3.04. The second-order valence-corrected chi connectivity index (χ2v) is 7.65. The minimum Gasteiger partial charge on any atom is -0.481 e. The Morgan fingerprint density at radius 2 is 1.96 bits per heavy atom. The third kappa shape index (κ3) is 11.5. The van der Waals surface area contributed by atoms with Crippen molar-refractivity contribution in [3.63, 3.8) is 0 Å². The Bertz CT molecular complexity index is 443. The lowest BCUT2D eigenvalue weighted by molar-refractivity contribution is -0.136. The number of nitrogens with one attached hydrogen (secondary N) is 1. The average molecular weight is 365 g/mol. The monoisotopic (exact) mass is 364 g/mol. The van der Waals surface area contributed by atoms with Crippen molar-refractivity contribution in [1.82, 2.24) is 5.32 Å². The molecular weight excluding hydrogens is 324 g/mol. The molecule has 4 nitrogen and oxygen atoms in total. The molecule has 0 heterocycles. The van der Waals surface area contributed by atoms with Gasteiger partial charge in [-0.1, -0.05) is 55.4 Å². The second kappa shape index (κ2) is 15.0. The highest BCUT2D eigenvalue weighted by Crippen LogP contribution is 2.29. The smallest absolute Gasteiger partial charge is 0.303 e. The molecule has 0 amide bonds. The van der Waals surface area contributed by atoms with Crippen molar-refractivity contribution in [3.05, 3.63) is 23.3 Å². The molecule has 4 heteroatoms. The van der Waals surface area contributed by atoms with Crippen LogP contribution in [0.5, 0.6) is 0 Å². The van der Waals surface area contributed by atoms with E-state index < -0.39 is 5.97 Å². The van der Waals surface area contributed by atoms with E-state index in [9.17, 15) is 4.79 Å². The van der Waals surface area contributed by atoms with E-state index in [-0.39, 0.29) is 6.42 Å². The van der Waals surface area contributed by atoms with Gasteiger partial charge in [-0.3, -0.25) is 4.79 Å². The minimum absolute atomic E-state index is 0.233. The molecule has 0 radical (unpaired) electrons. The topological polar surface area (TPSA) is 75.3 Å². The molecule has 0 fully saturated rings. The first-order chi connectivity index (χ1) is 12.7. The SMILES string of the molecule is CNCC(=CCCC(=O)O)CCCCCCCCC1C=C(CCN)CC1. The summed E-state index contributed by atoms with van der Waals surface area (Å²) in [6, 6.07) is 0. The molecule has 26 heavy (non-hydrogen) atoms. The van der Waals surface area contributed by atoms with Crippen LogP contribution < -0.4 is 11.1 Å². The standard InChI is InChI=1S/C22H40N2O2/c1-24-18-21(11-8-12-22(25)26)10-7-5-3-2-4-6-9-19-13-14-20(17-19)15-16-23/h11,17,19,24H,2-10,12-16,18,23H2,1H3,(H,25,26). The van der Waals surface area contributed by atoms with Crippen LogP contribution >= 0.6 is 0 Å². The van der Waals surface area contributed by atoms with E-state index in [1.54, 1.807) is 5.57 Å². The first-order valence-electron chi connectivity index (χ1n) is 10.6. The Kier molecular flexibility index (Phi) is 13.2. The number of carboxylic acids is 1. The number of unbranched alkanes of at least 4 members (excludes halogenated alkanes) is 5. The maximum absolute atomic E-state index is 10.6. The van der Waals surface area contributed by atoms with Gasteiger partial charge in [-0.2, -0.15) is 0 Å². The van der Waals surface area contributed by atoms with Gasteiger partial charge in [0.05, 0.1) is 0 Å². The molecule has 0 spiro atoms. The molecule has 1 atom stereocenters. The van der Waals surface area contributed by atoms with Gasteiger partial charge in [-0.15, -0.1) is 0 Å². The molecule has 0 saturated heterocycles. The Labute approximate surface area is 160 Å². The predicted octanol–water partition coefficient (Wildman–Crippen LogP) is 4.80. The summed E-state index contributed by atoms with van der Waals surface area (Å²) in [6.45, 7) is 1.67. The van der Waals surface area contributed by atoms with Crippen molar-refractivity contribution < 1.29 is 9.90 Å². The summed E-state index contributed by atoms with van der Waals surface area (Å²) in [4.78, 5) is 10.6. The maximum atomic E-state index is 10.6. The molecule has 4 N–H and O–H groups in total. The Morgan fingerprint density at radius 1 is 1.23 bits per heavy atom. The van der Waals surface area contributed by atoms with Crippen molar-refractivity contribution >= 4 is 5.97 Å². The van der Waals surface area contributed by atoms with Crippen molar-refractivity contribution in [2.24, 2.45) is 11.7 Å². The van der Waals surface area contributed by atoms with Crippen LogP contribution in [0.15, 0.2) is 23.3 Å². The lowest BCUT2D eigenvalue weighted by Gasteiger charge is -2.08. The zero-order valence-electron chi connectivity index (χ0n) is 16.8. The fourth-order valence-electron chi connectivity index (χ4n) is 3.85. The lowest BCUT2D eigenvalue weighted by atomic mass is 9.99. The van der Waals surface area contributed by atoms with Crippen LogP contribution in [0, 0.1) is 5.92 Å². The molecule has 0 bridgehead atoms. The van der Waals surface area contributed by atoms with E-state index in [2.05, 4.69) is 17.5 Å². The van der Waals surface area contributed by atoms with Gasteiger partial charge in [0.15, 0.2) is 0 Å². The number of nitrogens with two attached hydrogens (primary N) is 1. The molecule has 0 aromatic heterocycles. The van der Waals surface area contributed by atoms with E-state index in [1.807, 2.05) is 7.05 Å². The fraction of sp³-hybridized carbons (Fsp3) is 0.773. The van der Waals surface area contributed by atoms with Gasteiger partial charge >= 0.3 is 5.97 Å². The highest BCUT2D eigenvalue weighted by atomic mass is 16.4. The summed E-state index contributed by atoms with van der Waals surface area (Å²) in [5.41, 5.74) is 8.58. The van der Waals surface area contributed by atoms with E-state index in [0.717, 1.165) is 31.8 Å². The number of aliphatic carboxylic acids is 1. The first-order valence-corrected chi connectivity index (χ1v) is 10.6. The molecule has 0 aliphatic heterocycles. The van der Waals surface area contributed by atoms with E-state index in [4.69, 9.17) is 10.8 Å². The number of hydrogen-bond donors (Lipinski definition) is 3. The summed E-state index contributed by atoms with van der Waals surface area (Å²) >= 11 is 0. The van der Waals surface area contributed by atoms with Gasteiger partial charge in [0, 0.05) is 13.0 Å². The highest BCUT2D eigenvalue weighted by Gasteiger charge is 2.14. The third-order valence-electron chi connectivity index (χ3n) is 5.29. The van der Waals surface area contributed by atoms with Crippen LogP contribution in [0.2, 0.25) is 0 Å². The third-order valence-corrected chi connectivity index (χ3v) is 5.29. The summed E-state index contributed by atoms with van der Waals surface area (Å²) in [5.74, 6) is 0.102. The number of hydrogen-bond acceptors (Lipinski definition) is 3. The normalized spacial score (nSPS) is 17.5. The zero-order valence-corrected chi connectivity index (χ0v) is 16.8. The fourth-order valence-corrected chi connectivity index (χ4v) is 3.85. The molecule has 1 unspecified atom stereocenters. The number of carbonyl (C=O) groups is 1. The highest BCUT2D eigenvalue weighted by molar-refractivity contribution is 5.66. The van der Waals surface area contributed by atoms with Crippen molar-refractivity contribution in [2.75, 3.05) is 20.1 Å². The predicted molar refractivity (Wildman–Crippen MR) is 110 cm³/mol. The number of rotatable bonds is 16. The number of carboxylic acid groups (broad SMARTS) is 1. The molecular formula is C22H40N2O2. The first kappa shape index (κ1) is 22.9. The van der Waals surface area contributed by atoms with Crippen molar-refractivity contribution in [2.45, 2.75) is 83.5 Å². The lowest BCUT2D eigenvalue weighted by Crippen LogP contribution is -2.10. The van der Waals surface area contributed by atoms with Crippen LogP contribution in [0.4, 0.5) is 0 Å². The van der Waals surface area contributed by atoms with E-state index in [1.165, 1.54) is 63.4 Å². The van der Waals surface area contributed by atoms with Crippen LogP contribution in [0.25, 0.3) is 0 Å². The summed E-state index contributed by atoms with van der Waals surface area (Å²) in [6.07, 6.45) is 19.5. The van der Waals surface area contributed by atoms with Crippen LogP contribution in [0.3, 0.4) is 0 Å². The molecule has 1 aliphatic carbocycles. The largest absolute Gasteiger partial charge is 0.481 e. The van der Waals surface area contributed by atoms with Gasteiger partial charge in [0.1, 0.15) is 0 Å². The van der Waals surface area contributed by atoms with Crippen LogP contribution in [0.1, 0.15) is 83.5 Å². The van der Waals surface area contributed by atoms with Crippen LogP contribution in [-0.4, -0.2) is 31.2 Å². The molecule has 0 aromatic rings. The Hall–Kier alpha value is -1.13. The quantitative estimate of drug-likeness (QED) is 0.271. The molecule has 0 saturated carbocycles. The Balaban J connectivity index is 2.01. The molecule has 1 aliphatic rings. The van der Waals surface area contributed by atoms with Gasteiger partial charge in [-0.25, -0.2) is 0 Å². The van der Waals surface area contributed by atoms with Crippen LogP contribution in [-0.2, 0) is 4.79 Å². The van der Waals surface area contributed by atoms with Gasteiger partial charge in [0.25, 0.3) is 0 Å². The van der Waals surface area contributed by atoms with Gasteiger partial charge < -0.3 is 16.2 Å². The summed E-state index contributed by atoms with van der Waals surface area (Å²) in [7, 11) is 1.95. The summed E-state index contributed by atoms with van der Waals surface area (Å²) in [5, 5.41) is 11.9. The maximum Gasteiger partial charge on any atom is 0.303 e. The molecule has 0 aromatic carbocycles. The minimum atomic E-state index is -0.714. The van der Waals surface area contributed by atoms with Crippen molar-refractivity contribution in [1.29, 1.82) is 0 Å². The van der Waals surface area contributed by atoms with E-state index in [0.29, 0.717) is 6.42 Å². The van der Waals surface area contributed by atoms with Gasteiger partial charge in [-0.05, 0) is 64.5 Å². The Morgan fingerprint density at radius 3 is 2.65 bits per heavy atom. The number of likely N-dealkylation sites (N-methyl/N-ethyl adjacent to an activating group) is 1. The number of allylic oxidation sites excluding steroid dienone is 2. The van der Waals surface area contributed by atoms with E-state index >= 15 is 0 Å². The summed E-state index contributed by atoms with van der Waals surface area (Å²) < 4.78 is 0. The second-order valence-electron chi connectivity index (χ2n) is 7.65. The zero-order chi connectivity index (χ0) is 19.0. The van der Waals surface area contributed by atoms with Gasteiger partial charge in [0.2, 0.25) is 0 Å².